The minimum absolute atomic E-state index is 0.0150. The number of hydrogen-bond donors (Lipinski definition) is 2. The van der Waals surface area contributed by atoms with E-state index in [1.807, 2.05) is 13.8 Å². The van der Waals surface area contributed by atoms with Crippen molar-refractivity contribution in [2.24, 2.45) is 5.73 Å². The van der Waals surface area contributed by atoms with Gasteiger partial charge in [0, 0.05) is 30.5 Å². The number of nitrogens with one attached hydrogen (secondary N) is 1. The molecular weight excluding hydrogens is 332 g/mol. The number of amides is 2. The van der Waals surface area contributed by atoms with Gasteiger partial charge in [-0.2, -0.15) is 0 Å². The van der Waals surface area contributed by atoms with Crippen molar-refractivity contribution in [1.29, 1.82) is 0 Å². The van der Waals surface area contributed by atoms with Crippen molar-refractivity contribution in [3.8, 4) is 5.75 Å². The molecular formula is C19H22N4O3. The molecule has 0 spiro atoms. The molecule has 0 radical (unpaired) electrons. The highest BCUT2D eigenvalue weighted by Crippen LogP contribution is 2.34. The van der Waals surface area contributed by atoms with Gasteiger partial charge < -0.3 is 20.7 Å². The van der Waals surface area contributed by atoms with Crippen molar-refractivity contribution in [1.82, 2.24) is 9.88 Å². The summed E-state index contributed by atoms with van der Waals surface area (Å²) in [7, 11) is 0. The fourth-order valence-corrected chi connectivity index (χ4v) is 2.86. The first kappa shape index (κ1) is 17.9. The Morgan fingerprint density at radius 3 is 2.73 bits per heavy atom. The van der Waals surface area contributed by atoms with Crippen LogP contribution < -0.4 is 15.8 Å². The van der Waals surface area contributed by atoms with Gasteiger partial charge in [-0.3, -0.25) is 14.6 Å². The predicted molar refractivity (Wildman–Crippen MR) is 98.3 cm³/mol. The number of anilines is 1. The normalized spacial score (nSPS) is 16.7. The van der Waals surface area contributed by atoms with Crippen molar-refractivity contribution in [2.45, 2.75) is 26.0 Å². The van der Waals surface area contributed by atoms with Gasteiger partial charge in [0.1, 0.15) is 6.10 Å². The predicted octanol–water partition coefficient (Wildman–Crippen LogP) is 1.90. The van der Waals surface area contributed by atoms with Gasteiger partial charge in [0.15, 0.2) is 5.75 Å². The molecule has 0 saturated heterocycles. The maximum absolute atomic E-state index is 12.9. The molecule has 1 atom stereocenters. The highest BCUT2D eigenvalue weighted by Gasteiger charge is 2.31. The van der Waals surface area contributed by atoms with E-state index in [0.29, 0.717) is 29.1 Å². The maximum Gasteiger partial charge on any atom is 0.258 e. The van der Waals surface area contributed by atoms with E-state index >= 15 is 0 Å². The van der Waals surface area contributed by atoms with Gasteiger partial charge in [-0.15, -0.1) is 0 Å². The Kier molecular flexibility index (Phi) is 5.18. The van der Waals surface area contributed by atoms with Gasteiger partial charge in [-0.05, 0) is 38.1 Å². The number of nitrogens with two attached hydrogens (primary N) is 1. The van der Waals surface area contributed by atoms with Crippen LogP contribution >= 0.6 is 0 Å². The molecule has 1 aliphatic heterocycles. The van der Waals surface area contributed by atoms with Gasteiger partial charge in [0.25, 0.3) is 11.8 Å². The third-order valence-corrected chi connectivity index (χ3v) is 4.27. The molecule has 7 nitrogen and oxygen atoms in total. The number of carbonyl (C=O) groups is 2. The molecule has 2 heterocycles. The summed E-state index contributed by atoms with van der Waals surface area (Å²) in [5.41, 5.74) is 7.16. The largest absolute Gasteiger partial charge is 0.484 e. The summed E-state index contributed by atoms with van der Waals surface area (Å²) in [6.07, 6.45) is 2.75. The van der Waals surface area contributed by atoms with E-state index in [1.165, 1.54) is 0 Å². The van der Waals surface area contributed by atoms with Crippen LogP contribution in [0.1, 0.15) is 34.6 Å². The van der Waals surface area contributed by atoms with Gasteiger partial charge in [-0.1, -0.05) is 6.07 Å². The summed E-state index contributed by atoms with van der Waals surface area (Å²) in [5, 5.41) is 2.82. The molecule has 3 N–H and O–H groups in total. The molecule has 3 rings (SSSR count). The van der Waals surface area contributed by atoms with Crippen molar-refractivity contribution in [3.05, 3.63) is 53.9 Å². The SMILES string of the molecule is CC(C)N1CC(CN)Oc2c(NC(=O)c3ccncc3)cccc2C1=O. The third-order valence-electron chi connectivity index (χ3n) is 4.27. The average Bonchev–Trinajstić information content (AvgIpc) is 2.80. The van der Waals surface area contributed by atoms with Crippen LogP contribution in [0.3, 0.4) is 0 Å². The van der Waals surface area contributed by atoms with E-state index < -0.39 is 0 Å². The second-order valence-corrected chi connectivity index (χ2v) is 6.40. The number of pyridine rings is 1. The monoisotopic (exact) mass is 354 g/mol. The van der Waals surface area contributed by atoms with Gasteiger partial charge in [0.2, 0.25) is 0 Å². The number of carbonyl (C=O) groups excluding carboxylic acids is 2. The Bertz CT molecular complexity index is 808. The molecule has 0 aliphatic carbocycles. The molecule has 136 valence electrons. The summed E-state index contributed by atoms with van der Waals surface area (Å²) in [6, 6.07) is 8.39. The molecule has 26 heavy (non-hydrogen) atoms. The van der Waals surface area contributed by atoms with Crippen LogP contribution in [0.5, 0.6) is 5.75 Å². The quantitative estimate of drug-likeness (QED) is 0.874. The number of ether oxygens (including phenoxy) is 1. The minimum atomic E-state index is -0.346. The average molecular weight is 354 g/mol. The molecule has 2 aromatic rings. The van der Waals surface area contributed by atoms with Crippen LogP contribution in [0.15, 0.2) is 42.7 Å². The molecule has 1 aromatic heterocycles. The lowest BCUT2D eigenvalue weighted by atomic mass is 10.1. The zero-order chi connectivity index (χ0) is 18.7. The summed E-state index contributed by atoms with van der Waals surface area (Å²) in [4.78, 5) is 31.0. The number of nitrogens with zero attached hydrogens (tertiary/aromatic N) is 2. The van der Waals surface area contributed by atoms with Crippen LogP contribution in [-0.4, -0.2) is 46.9 Å². The first-order valence-electron chi connectivity index (χ1n) is 8.53. The molecule has 1 unspecified atom stereocenters. The number of benzene rings is 1. The highest BCUT2D eigenvalue weighted by atomic mass is 16.5. The molecule has 0 fully saturated rings. The maximum atomic E-state index is 12.9. The molecule has 0 saturated carbocycles. The molecule has 1 aliphatic rings. The van der Waals surface area contributed by atoms with Crippen LogP contribution in [0.25, 0.3) is 0 Å². The number of fused-ring (bicyclic) bond motifs is 1. The lowest BCUT2D eigenvalue weighted by molar-refractivity contribution is 0.0655. The Morgan fingerprint density at radius 2 is 2.08 bits per heavy atom. The van der Waals surface area contributed by atoms with E-state index in [1.54, 1.807) is 47.6 Å². The first-order valence-corrected chi connectivity index (χ1v) is 8.53. The highest BCUT2D eigenvalue weighted by molar-refractivity contribution is 6.07. The van der Waals surface area contributed by atoms with Crippen molar-refractivity contribution in [3.63, 3.8) is 0 Å². The second kappa shape index (κ2) is 7.53. The topological polar surface area (TPSA) is 97.6 Å². The smallest absolute Gasteiger partial charge is 0.258 e. The molecule has 2 amide bonds. The van der Waals surface area contributed by atoms with Crippen molar-refractivity contribution < 1.29 is 14.3 Å². The lowest BCUT2D eigenvalue weighted by Crippen LogP contribution is -2.44. The Hall–Kier alpha value is -2.93. The summed E-state index contributed by atoms with van der Waals surface area (Å²) in [6.45, 7) is 4.57. The summed E-state index contributed by atoms with van der Waals surface area (Å²) >= 11 is 0. The minimum Gasteiger partial charge on any atom is -0.484 e. The van der Waals surface area contributed by atoms with Crippen LogP contribution in [0, 0.1) is 0 Å². The van der Waals surface area contributed by atoms with Gasteiger partial charge >= 0.3 is 0 Å². The fourth-order valence-electron chi connectivity index (χ4n) is 2.86. The summed E-state index contributed by atoms with van der Waals surface area (Å²) < 4.78 is 6.01. The molecule has 0 bridgehead atoms. The van der Waals surface area contributed by atoms with Crippen molar-refractivity contribution in [2.75, 3.05) is 18.4 Å². The summed E-state index contributed by atoms with van der Waals surface area (Å²) in [5.74, 6) is -0.0735. The Balaban J connectivity index is 1.97. The number of aromatic nitrogens is 1. The Morgan fingerprint density at radius 1 is 1.35 bits per heavy atom. The third kappa shape index (κ3) is 3.52. The first-order chi connectivity index (χ1) is 12.5. The lowest BCUT2D eigenvalue weighted by Gasteiger charge is -2.27. The zero-order valence-electron chi connectivity index (χ0n) is 14.8. The molecule has 1 aromatic carbocycles. The van der Waals surface area contributed by atoms with E-state index in [9.17, 15) is 9.59 Å². The second-order valence-electron chi connectivity index (χ2n) is 6.40. The van der Waals surface area contributed by atoms with Crippen LogP contribution in [-0.2, 0) is 0 Å². The van der Waals surface area contributed by atoms with Gasteiger partial charge in [-0.25, -0.2) is 0 Å². The standard InChI is InChI=1S/C19H22N4O3/c1-12(2)23-11-14(10-20)26-17-15(19(23)25)4-3-5-16(17)22-18(24)13-6-8-21-9-7-13/h3-9,12,14H,10-11,20H2,1-2H3,(H,22,24). The van der Waals surface area contributed by atoms with E-state index in [0.717, 1.165) is 0 Å². The van der Waals surface area contributed by atoms with Gasteiger partial charge in [0.05, 0.1) is 17.8 Å². The number of rotatable bonds is 4. The van der Waals surface area contributed by atoms with E-state index in [4.69, 9.17) is 10.5 Å². The van der Waals surface area contributed by atoms with Crippen LogP contribution in [0.2, 0.25) is 0 Å². The fraction of sp³-hybridized carbons (Fsp3) is 0.316. The van der Waals surface area contributed by atoms with E-state index in [2.05, 4.69) is 10.3 Å². The zero-order valence-corrected chi connectivity index (χ0v) is 14.8. The molecule has 7 heteroatoms. The number of hydrogen-bond acceptors (Lipinski definition) is 5. The van der Waals surface area contributed by atoms with E-state index in [-0.39, 0.29) is 30.5 Å². The van der Waals surface area contributed by atoms with Crippen LogP contribution in [0.4, 0.5) is 5.69 Å². The number of para-hydroxylation sites is 1. The van der Waals surface area contributed by atoms with Crippen molar-refractivity contribution >= 4 is 17.5 Å². The Labute approximate surface area is 152 Å².